The summed E-state index contributed by atoms with van der Waals surface area (Å²) in [6.07, 6.45) is 4.21. The summed E-state index contributed by atoms with van der Waals surface area (Å²) >= 11 is 0. The zero-order chi connectivity index (χ0) is 11.5. The standard InChI is InChI=1S/C12H13FN2O/c13-12-9(7-14)10(15)5-6-11(12)16-8-3-1-2-4-8/h5-6,8H,1-4,15H2. The SMILES string of the molecule is N#Cc1c(N)ccc(OC2CCCC2)c1F. The lowest BCUT2D eigenvalue weighted by atomic mass is 10.1. The summed E-state index contributed by atoms with van der Waals surface area (Å²) < 4.78 is 19.3. The van der Waals surface area contributed by atoms with Gasteiger partial charge in [-0.05, 0) is 37.8 Å². The van der Waals surface area contributed by atoms with E-state index in [1.807, 2.05) is 0 Å². The van der Waals surface area contributed by atoms with Crippen LogP contribution in [0.1, 0.15) is 31.2 Å². The highest BCUT2D eigenvalue weighted by molar-refractivity contribution is 5.57. The predicted molar refractivity (Wildman–Crippen MR) is 58.4 cm³/mol. The number of rotatable bonds is 2. The van der Waals surface area contributed by atoms with Gasteiger partial charge < -0.3 is 10.5 Å². The molecule has 4 heteroatoms. The van der Waals surface area contributed by atoms with Gasteiger partial charge in [0, 0.05) is 0 Å². The summed E-state index contributed by atoms with van der Waals surface area (Å²) in [7, 11) is 0. The Bertz CT molecular complexity index is 433. The molecule has 0 aromatic heterocycles. The van der Waals surface area contributed by atoms with Gasteiger partial charge in [-0.1, -0.05) is 0 Å². The number of anilines is 1. The van der Waals surface area contributed by atoms with Crippen LogP contribution >= 0.6 is 0 Å². The Hall–Kier alpha value is -1.76. The van der Waals surface area contributed by atoms with Gasteiger partial charge in [0.15, 0.2) is 11.6 Å². The zero-order valence-electron chi connectivity index (χ0n) is 8.87. The summed E-state index contributed by atoms with van der Waals surface area (Å²) in [5.74, 6) is -0.507. The molecule has 0 heterocycles. The summed E-state index contributed by atoms with van der Waals surface area (Å²) in [6, 6.07) is 4.74. The highest BCUT2D eigenvalue weighted by Gasteiger charge is 2.20. The molecule has 1 aliphatic rings. The van der Waals surface area contributed by atoms with Crippen LogP contribution in [0.3, 0.4) is 0 Å². The average molecular weight is 220 g/mol. The molecule has 0 amide bonds. The van der Waals surface area contributed by atoms with Crippen LogP contribution in [0.25, 0.3) is 0 Å². The summed E-state index contributed by atoms with van der Waals surface area (Å²) in [5, 5.41) is 8.76. The third-order valence-electron chi connectivity index (χ3n) is 2.85. The van der Waals surface area contributed by atoms with Crippen LogP contribution < -0.4 is 10.5 Å². The topological polar surface area (TPSA) is 59.0 Å². The van der Waals surface area contributed by atoms with Gasteiger partial charge in [0.1, 0.15) is 11.6 Å². The molecule has 0 aliphatic heterocycles. The number of nitrogens with zero attached hydrogens (tertiary/aromatic N) is 1. The fraction of sp³-hybridized carbons (Fsp3) is 0.417. The van der Waals surface area contributed by atoms with Crippen molar-refractivity contribution in [1.82, 2.24) is 0 Å². The molecule has 1 saturated carbocycles. The van der Waals surface area contributed by atoms with E-state index in [-0.39, 0.29) is 23.1 Å². The molecule has 0 unspecified atom stereocenters. The zero-order valence-corrected chi connectivity index (χ0v) is 8.87. The number of nitrogens with two attached hydrogens (primary N) is 1. The monoisotopic (exact) mass is 220 g/mol. The number of halogens is 1. The van der Waals surface area contributed by atoms with E-state index in [2.05, 4.69) is 0 Å². The fourth-order valence-electron chi connectivity index (χ4n) is 1.96. The third kappa shape index (κ3) is 1.94. The molecular formula is C12H13FN2O. The van der Waals surface area contributed by atoms with Crippen molar-refractivity contribution in [2.24, 2.45) is 0 Å². The average Bonchev–Trinajstić information content (AvgIpc) is 2.76. The van der Waals surface area contributed by atoms with Crippen molar-refractivity contribution in [3.8, 4) is 11.8 Å². The molecule has 3 nitrogen and oxygen atoms in total. The maximum absolute atomic E-state index is 13.8. The van der Waals surface area contributed by atoms with E-state index in [1.54, 1.807) is 6.07 Å². The van der Waals surface area contributed by atoms with Crippen molar-refractivity contribution >= 4 is 5.69 Å². The lowest BCUT2D eigenvalue weighted by Gasteiger charge is -2.14. The molecular weight excluding hydrogens is 207 g/mol. The second-order valence-electron chi connectivity index (χ2n) is 3.98. The van der Waals surface area contributed by atoms with Crippen molar-refractivity contribution in [3.05, 3.63) is 23.5 Å². The number of ether oxygens (including phenoxy) is 1. The lowest BCUT2D eigenvalue weighted by molar-refractivity contribution is 0.200. The Kier molecular flexibility index (Phi) is 2.95. The Morgan fingerprint density at radius 3 is 2.69 bits per heavy atom. The molecule has 2 rings (SSSR count). The highest BCUT2D eigenvalue weighted by atomic mass is 19.1. The molecule has 0 saturated heterocycles. The van der Waals surface area contributed by atoms with Crippen LogP contribution in [0, 0.1) is 17.1 Å². The van der Waals surface area contributed by atoms with Gasteiger partial charge >= 0.3 is 0 Å². The number of benzene rings is 1. The first-order chi connectivity index (χ1) is 7.72. The van der Waals surface area contributed by atoms with Gasteiger partial charge in [0.2, 0.25) is 0 Å². The van der Waals surface area contributed by atoms with E-state index in [4.69, 9.17) is 15.7 Å². The summed E-state index contributed by atoms with van der Waals surface area (Å²) in [4.78, 5) is 0. The predicted octanol–water partition coefficient (Wildman–Crippen LogP) is 2.60. The molecule has 0 spiro atoms. The van der Waals surface area contributed by atoms with Gasteiger partial charge in [-0.25, -0.2) is 4.39 Å². The quantitative estimate of drug-likeness (QED) is 0.779. The summed E-state index contributed by atoms with van der Waals surface area (Å²) in [5.41, 5.74) is 5.51. The Morgan fingerprint density at radius 2 is 2.06 bits per heavy atom. The van der Waals surface area contributed by atoms with Gasteiger partial charge in [0.05, 0.1) is 11.8 Å². The Labute approximate surface area is 93.6 Å². The second-order valence-corrected chi connectivity index (χ2v) is 3.98. The van der Waals surface area contributed by atoms with E-state index in [0.29, 0.717) is 0 Å². The maximum Gasteiger partial charge on any atom is 0.184 e. The van der Waals surface area contributed by atoms with Crippen LogP contribution in [0.15, 0.2) is 12.1 Å². The molecule has 84 valence electrons. The van der Waals surface area contributed by atoms with E-state index >= 15 is 0 Å². The van der Waals surface area contributed by atoms with Gasteiger partial charge in [-0.3, -0.25) is 0 Å². The Balaban J connectivity index is 2.24. The molecule has 0 bridgehead atoms. The molecule has 1 aromatic rings. The van der Waals surface area contributed by atoms with Gasteiger partial charge in [-0.2, -0.15) is 5.26 Å². The first kappa shape index (κ1) is 10.7. The summed E-state index contributed by atoms with van der Waals surface area (Å²) in [6.45, 7) is 0. The van der Waals surface area contributed by atoms with Crippen molar-refractivity contribution < 1.29 is 9.13 Å². The first-order valence-electron chi connectivity index (χ1n) is 5.37. The van der Waals surface area contributed by atoms with Crippen molar-refractivity contribution in [3.63, 3.8) is 0 Å². The molecule has 1 aromatic carbocycles. The second kappa shape index (κ2) is 4.40. The number of nitriles is 1. The van der Waals surface area contributed by atoms with E-state index in [9.17, 15) is 4.39 Å². The van der Waals surface area contributed by atoms with Crippen molar-refractivity contribution in [2.75, 3.05) is 5.73 Å². The van der Waals surface area contributed by atoms with Crippen molar-refractivity contribution in [2.45, 2.75) is 31.8 Å². The van der Waals surface area contributed by atoms with Gasteiger partial charge in [-0.15, -0.1) is 0 Å². The number of hydrogen-bond donors (Lipinski definition) is 1. The van der Waals surface area contributed by atoms with Crippen LogP contribution in [0.4, 0.5) is 10.1 Å². The third-order valence-corrected chi connectivity index (χ3v) is 2.85. The molecule has 2 N–H and O–H groups in total. The van der Waals surface area contributed by atoms with Crippen LogP contribution in [0.2, 0.25) is 0 Å². The molecule has 1 fully saturated rings. The normalized spacial score (nSPS) is 16.0. The molecule has 1 aliphatic carbocycles. The molecule has 0 atom stereocenters. The minimum absolute atomic E-state index is 0.0738. The maximum atomic E-state index is 13.8. The molecule has 0 radical (unpaired) electrons. The molecule has 16 heavy (non-hydrogen) atoms. The highest BCUT2D eigenvalue weighted by Crippen LogP contribution is 2.29. The Morgan fingerprint density at radius 1 is 1.38 bits per heavy atom. The van der Waals surface area contributed by atoms with Crippen LogP contribution in [-0.4, -0.2) is 6.10 Å². The van der Waals surface area contributed by atoms with Crippen molar-refractivity contribution in [1.29, 1.82) is 5.26 Å². The van der Waals surface area contributed by atoms with Gasteiger partial charge in [0.25, 0.3) is 0 Å². The number of hydrogen-bond acceptors (Lipinski definition) is 3. The smallest absolute Gasteiger partial charge is 0.184 e. The minimum Gasteiger partial charge on any atom is -0.487 e. The first-order valence-corrected chi connectivity index (χ1v) is 5.37. The van der Waals surface area contributed by atoms with E-state index < -0.39 is 5.82 Å². The lowest BCUT2D eigenvalue weighted by Crippen LogP contribution is -2.12. The van der Waals surface area contributed by atoms with E-state index in [0.717, 1.165) is 25.7 Å². The largest absolute Gasteiger partial charge is 0.487 e. The minimum atomic E-state index is -0.644. The van der Waals surface area contributed by atoms with E-state index in [1.165, 1.54) is 12.1 Å². The fourth-order valence-corrected chi connectivity index (χ4v) is 1.96. The number of nitrogen functional groups attached to an aromatic ring is 1. The van der Waals surface area contributed by atoms with Crippen LogP contribution in [0.5, 0.6) is 5.75 Å². The van der Waals surface area contributed by atoms with Crippen LogP contribution in [-0.2, 0) is 0 Å².